The fraction of sp³-hybridized carbons (Fsp3) is 0.227. The number of hydrogen-bond acceptors (Lipinski definition) is 4. The van der Waals surface area contributed by atoms with E-state index in [0.717, 1.165) is 33.4 Å². The van der Waals surface area contributed by atoms with Crippen molar-refractivity contribution < 1.29 is 4.79 Å². The Hall–Kier alpha value is -2.86. The van der Waals surface area contributed by atoms with E-state index in [1.165, 1.54) is 17.3 Å². The molecule has 1 N–H and O–H groups in total. The molecular weight excluding hydrogens is 368 g/mol. The summed E-state index contributed by atoms with van der Waals surface area (Å²) in [4.78, 5) is 12.8. The van der Waals surface area contributed by atoms with E-state index in [2.05, 4.69) is 40.6 Å². The molecule has 28 heavy (non-hydrogen) atoms. The molecule has 4 rings (SSSR count). The van der Waals surface area contributed by atoms with Crippen LogP contribution in [-0.4, -0.2) is 25.8 Å². The van der Waals surface area contributed by atoms with Crippen LogP contribution in [0.15, 0.2) is 53.7 Å². The Labute approximate surface area is 168 Å². The number of amides is 1. The molecule has 0 saturated carbocycles. The highest BCUT2D eigenvalue weighted by Gasteiger charge is 2.20. The second-order valence-corrected chi connectivity index (χ2v) is 8.40. The van der Waals surface area contributed by atoms with E-state index < -0.39 is 0 Å². The number of rotatable bonds is 4. The standard InChI is InChI=1S/C22H22N4OS/c1-13-11-14(2)20(15(3)12-13)23-21(27)16(4)28-22-25-24-19-10-9-17-7-5-6-8-18(17)26(19)22/h5-12,16H,1-4H3,(H,23,27)/t16-/m1/s1. The van der Waals surface area contributed by atoms with Crippen LogP contribution in [0.25, 0.3) is 16.6 Å². The highest BCUT2D eigenvalue weighted by Crippen LogP contribution is 2.28. The van der Waals surface area contributed by atoms with Gasteiger partial charge in [-0.25, -0.2) is 0 Å². The van der Waals surface area contributed by atoms with E-state index >= 15 is 0 Å². The number of para-hydroxylation sites is 1. The molecule has 0 spiro atoms. The van der Waals surface area contributed by atoms with Crippen molar-refractivity contribution >= 4 is 39.9 Å². The van der Waals surface area contributed by atoms with Crippen LogP contribution in [0.3, 0.4) is 0 Å². The third kappa shape index (κ3) is 3.36. The van der Waals surface area contributed by atoms with Crippen molar-refractivity contribution in [3.05, 3.63) is 65.2 Å². The molecule has 2 heterocycles. The first kappa shape index (κ1) is 18.5. The van der Waals surface area contributed by atoms with Crippen molar-refractivity contribution in [1.29, 1.82) is 0 Å². The number of nitrogens with zero attached hydrogens (tertiary/aromatic N) is 3. The Morgan fingerprint density at radius 1 is 1.04 bits per heavy atom. The first-order valence-corrected chi connectivity index (χ1v) is 10.1. The molecule has 0 unspecified atom stereocenters. The van der Waals surface area contributed by atoms with Crippen molar-refractivity contribution in [3.8, 4) is 0 Å². The summed E-state index contributed by atoms with van der Waals surface area (Å²) in [5, 5.41) is 13.2. The van der Waals surface area contributed by atoms with Crippen LogP contribution in [0.2, 0.25) is 0 Å². The van der Waals surface area contributed by atoms with Crippen LogP contribution in [0.4, 0.5) is 5.69 Å². The summed E-state index contributed by atoms with van der Waals surface area (Å²) >= 11 is 1.41. The number of nitrogens with one attached hydrogen (secondary N) is 1. The van der Waals surface area contributed by atoms with Gasteiger partial charge < -0.3 is 5.32 Å². The number of carbonyl (C=O) groups is 1. The summed E-state index contributed by atoms with van der Waals surface area (Å²) in [5.41, 5.74) is 6.03. The smallest absolute Gasteiger partial charge is 0.237 e. The maximum absolute atomic E-state index is 12.8. The van der Waals surface area contributed by atoms with E-state index in [-0.39, 0.29) is 11.2 Å². The number of hydrogen-bond donors (Lipinski definition) is 1. The minimum Gasteiger partial charge on any atom is -0.325 e. The van der Waals surface area contributed by atoms with E-state index in [0.29, 0.717) is 5.16 Å². The second-order valence-electron chi connectivity index (χ2n) is 7.09. The summed E-state index contributed by atoms with van der Waals surface area (Å²) in [6.07, 6.45) is 0. The Bertz CT molecular complexity index is 1170. The number of carbonyl (C=O) groups excluding carboxylic acids is 1. The average molecular weight is 391 g/mol. The fourth-order valence-corrected chi connectivity index (χ4v) is 4.37. The molecule has 0 saturated heterocycles. The minimum absolute atomic E-state index is 0.0444. The predicted molar refractivity (Wildman–Crippen MR) is 115 cm³/mol. The SMILES string of the molecule is Cc1cc(C)c(NC(=O)[C@@H](C)Sc2nnc3ccc4ccccc4n23)c(C)c1. The van der Waals surface area contributed by atoms with E-state index in [1.54, 1.807) is 0 Å². The molecule has 2 aromatic carbocycles. The molecule has 0 aliphatic rings. The number of thioether (sulfide) groups is 1. The number of aromatic nitrogens is 3. The monoisotopic (exact) mass is 390 g/mol. The van der Waals surface area contributed by atoms with Gasteiger partial charge in [-0.05, 0) is 62.4 Å². The van der Waals surface area contributed by atoms with Crippen LogP contribution >= 0.6 is 11.8 Å². The molecule has 2 aromatic heterocycles. The highest BCUT2D eigenvalue weighted by molar-refractivity contribution is 8.00. The largest absolute Gasteiger partial charge is 0.325 e. The van der Waals surface area contributed by atoms with Gasteiger partial charge in [-0.15, -0.1) is 10.2 Å². The number of fused-ring (bicyclic) bond motifs is 3. The molecule has 4 aromatic rings. The van der Waals surface area contributed by atoms with Crippen molar-refractivity contribution in [3.63, 3.8) is 0 Å². The lowest BCUT2D eigenvalue weighted by Gasteiger charge is -2.16. The lowest BCUT2D eigenvalue weighted by atomic mass is 10.1. The molecule has 1 atom stereocenters. The van der Waals surface area contributed by atoms with Crippen molar-refractivity contribution in [2.45, 2.75) is 38.1 Å². The molecule has 1 amide bonds. The van der Waals surface area contributed by atoms with Gasteiger partial charge in [-0.3, -0.25) is 9.20 Å². The summed E-state index contributed by atoms with van der Waals surface area (Å²) in [6.45, 7) is 7.99. The lowest BCUT2D eigenvalue weighted by Crippen LogP contribution is -2.23. The number of benzene rings is 2. The Balaban J connectivity index is 1.61. The Kier molecular flexibility index (Phi) is 4.81. The summed E-state index contributed by atoms with van der Waals surface area (Å²) in [5.74, 6) is -0.0444. The van der Waals surface area contributed by atoms with Gasteiger partial charge >= 0.3 is 0 Å². The van der Waals surface area contributed by atoms with Gasteiger partial charge in [0.05, 0.1) is 10.8 Å². The van der Waals surface area contributed by atoms with E-state index in [4.69, 9.17) is 0 Å². The van der Waals surface area contributed by atoms with Crippen LogP contribution in [-0.2, 0) is 4.79 Å². The highest BCUT2D eigenvalue weighted by atomic mass is 32.2. The van der Waals surface area contributed by atoms with Crippen LogP contribution < -0.4 is 5.32 Å². The van der Waals surface area contributed by atoms with Crippen molar-refractivity contribution in [1.82, 2.24) is 14.6 Å². The quantitative estimate of drug-likeness (QED) is 0.502. The Morgan fingerprint density at radius 3 is 2.50 bits per heavy atom. The second kappa shape index (κ2) is 7.28. The summed E-state index contributed by atoms with van der Waals surface area (Å²) < 4.78 is 2.01. The third-order valence-electron chi connectivity index (χ3n) is 4.82. The first-order valence-electron chi connectivity index (χ1n) is 9.22. The van der Waals surface area contributed by atoms with Crippen LogP contribution in [0.1, 0.15) is 23.6 Å². The zero-order chi connectivity index (χ0) is 19.8. The first-order chi connectivity index (χ1) is 13.4. The van der Waals surface area contributed by atoms with Gasteiger partial charge in [-0.2, -0.15) is 0 Å². The molecule has 0 fully saturated rings. The number of pyridine rings is 1. The van der Waals surface area contributed by atoms with Gasteiger partial charge in [0.25, 0.3) is 0 Å². The van der Waals surface area contributed by atoms with Crippen molar-refractivity contribution in [2.24, 2.45) is 0 Å². The molecular formula is C22H22N4OS. The van der Waals surface area contributed by atoms with Gasteiger partial charge in [0, 0.05) is 5.69 Å². The number of anilines is 1. The van der Waals surface area contributed by atoms with Crippen LogP contribution in [0.5, 0.6) is 0 Å². The van der Waals surface area contributed by atoms with Gasteiger partial charge in [0.2, 0.25) is 5.91 Å². The maximum Gasteiger partial charge on any atom is 0.237 e. The van der Waals surface area contributed by atoms with E-state index in [1.807, 2.05) is 55.5 Å². The molecule has 0 aliphatic heterocycles. The lowest BCUT2D eigenvalue weighted by molar-refractivity contribution is -0.115. The van der Waals surface area contributed by atoms with Crippen molar-refractivity contribution in [2.75, 3.05) is 5.32 Å². The molecule has 0 aliphatic carbocycles. The normalized spacial score (nSPS) is 12.4. The minimum atomic E-state index is -0.313. The maximum atomic E-state index is 12.8. The predicted octanol–water partition coefficient (Wildman–Crippen LogP) is 4.93. The Morgan fingerprint density at radius 2 is 1.75 bits per heavy atom. The number of aryl methyl sites for hydroxylation is 3. The zero-order valence-electron chi connectivity index (χ0n) is 16.4. The average Bonchev–Trinajstić information content (AvgIpc) is 3.07. The molecule has 5 nitrogen and oxygen atoms in total. The van der Waals surface area contributed by atoms with Gasteiger partial charge in [-0.1, -0.05) is 47.7 Å². The molecule has 6 heteroatoms. The van der Waals surface area contributed by atoms with Crippen LogP contribution in [0, 0.1) is 20.8 Å². The third-order valence-corrected chi connectivity index (χ3v) is 5.87. The summed E-state index contributed by atoms with van der Waals surface area (Å²) in [7, 11) is 0. The summed E-state index contributed by atoms with van der Waals surface area (Å²) in [6, 6.07) is 16.2. The molecule has 0 radical (unpaired) electrons. The zero-order valence-corrected chi connectivity index (χ0v) is 17.2. The topological polar surface area (TPSA) is 59.3 Å². The van der Waals surface area contributed by atoms with E-state index in [9.17, 15) is 4.79 Å². The fourth-order valence-electron chi connectivity index (χ4n) is 3.50. The molecule has 142 valence electrons. The molecule has 0 bridgehead atoms. The van der Waals surface area contributed by atoms with Gasteiger partial charge in [0.15, 0.2) is 10.8 Å². The van der Waals surface area contributed by atoms with Gasteiger partial charge in [0.1, 0.15) is 0 Å².